The van der Waals surface area contributed by atoms with Gasteiger partial charge in [0.1, 0.15) is 29.4 Å². The van der Waals surface area contributed by atoms with Gasteiger partial charge in [0.15, 0.2) is 0 Å². The minimum Gasteiger partial charge on any atom is -0.495 e. The maximum atomic E-state index is 13.7. The Kier molecular flexibility index (Phi) is 8.01. The van der Waals surface area contributed by atoms with Gasteiger partial charge in [-0.3, -0.25) is 14.9 Å². The average Bonchev–Trinajstić information content (AvgIpc) is 2.95. The van der Waals surface area contributed by atoms with E-state index in [9.17, 15) is 14.4 Å². The number of barbiturate groups is 1. The molecule has 4 aromatic carbocycles. The summed E-state index contributed by atoms with van der Waals surface area (Å²) < 4.78 is 17.6. The summed E-state index contributed by atoms with van der Waals surface area (Å²) in [6, 6.07) is 19.3. The number of ether oxygens (including phenoxy) is 3. The van der Waals surface area contributed by atoms with Crippen molar-refractivity contribution in [3.05, 3.63) is 98.5 Å². The van der Waals surface area contributed by atoms with Crippen molar-refractivity contribution in [2.45, 2.75) is 13.5 Å². The van der Waals surface area contributed by atoms with Gasteiger partial charge in [0, 0.05) is 27.7 Å². The Hall–Kier alpha value is -4.34. The summed E-state index contributed by atoms with van der Waals surface area (Å²) in [4.78, 5) is 40.3. The van der Waals surface area contributed by atoms with Gasteiger partial charge < -0.3 is 14.2 Å². The molecule has 1 aliphatic rings. The lowest BCUT2D eigenvalue weighted by Gasteiger charge is -2.28. The SMILES string of the molecule is COc1cc(N2C(=O)NC(=O)/C(=C\c3cc(Br)ccc3OCc3c(C)ccc4ccccc34)C2=O)c(OC)cc1Cl. The number of nitrogens with one attached hydrogen (secondary N) is 1. The molecule has 0 aliphatic carbocycles. The van der Waals surface area contributed by atoms with E-state index in [0.717, 1.165) is 26.8 Å². The Morgan fingerprint density at radius 1 is 0.927 bits per heavy atom. The first-order valence-electron chi connectivity index (χ1n) is 12.4. The van der Waals surface area contributed by atoms with Crippen LogP contribution in [0.15, 0.2) is 76.8 Å². The highest BCUT2D eigenvalue weighted by molar-refractivity contribution is 9.10. The maximum absolute atomic E-state index is 13.7. The highest BCUT2D eigenvalue weighted by Gasteiger charge is 2.39. The number of hydrogen-bond donors (Lipinski definition) is 1. The molecule has 4 amide bonds. The number of amides is 4. The summed E-state index contributed by atoms with van der Waals surface area (Å²) in [7, 11) is 2.78. The fraction of sp³-hybridized carbons (Fsp3) is 0.129. The molecule has 1 aliphatic heterocycles. The highest BCUT2D eigenvalue weighted by Crippen LogP contribution is 2.39. The number of carbonyl (C=O) groups is 3. The van der Waals surface area contributed by atoms with Crippen molar-refractivity contribution in [2.75, 3.05) is 19.1 Å². The lowest BCUT2D eigenvalue weighted by Crippen LogP contribution is -2.54. The van der Waals surface area contributed by atoms with Crippen molar-refractivity contribution < 1.29 is 28.6 Å². The fourth-order valence-corrected chi connectivity index (χ4v) is 5.21. The van der Waals surface area contributed by atoms with Crippen molar-refractivity contribution in [1.29, 1.82) is 0 Å². The molecular formula is C31H24BrClN2O6. The van der Waals surface area contributed by atoms with Gasteiger partial charge in [0.05, 0.1) is 24.9 Å². The van der Waals surface area contributed by atoms with Crippen LogP contribution in [0.5, 0.6) is 17.2 Å². The zero-order valence-corrected chi connectivity index (χ0v) is 24.6. The van der Waals surface area contributed by atoms with Gasteiger partial charge in [0.2, 0.25) is 0 Å². The third-order valence-corrected chi connectivity index (χ3v) is 7.50. The van der Waals surface area contributed by atoms with Crippen LogP contribution < -0.4 is 24.4 Å². The van der Waals surface area contributed by atoms with E-state index in [-0.39, 0.29) is 34.4 Å². The van der Waals surface area contributed by atoms with Crippen molar-refractivity contribution in [3.8, 4) is 17.2 Å². The number of nitrogens with zero attached hydrogens (tertiary/aromatic N) is 1. The van der Waals surface area contributed by atoms with Crippen molar-refractivity contribution in [3.63, 3.8) is 0 Å². The number of methoxy groups -OCH3 is 2. The number of fused-ring (bicyclic) bond motifs is 1. The van der Waals surface area contributed by atoms with Crippen LogP contribution in [0.1, 0.15) is 16.7 Å². The van der Waals surface area contributed by atoms with Gasteiger partial charge in [-0.1, -0.05) is 63.9 Å². The minimum atomic E-state index is -0.933. The summed E-state index contributed by atoms with van der Waals surface area (Å²) in [5, 5.41) is 4.63. The summed E-state index contributed by atoms with van der Waals surface area (Å²) in [6.07, 6.45) is 1.40. The lowest BCUT2D eigenvalue weighted by molar-refractivity contribution is -0.122. The number of urea groups is 1. The summed E-state index contributed by atoms with van der Waals surface area (Å²) in [5.41, 5.74) is 2.35. The second-order valence-electron chi connectivity index (χ2n) is 9.17. The molecule has 0 unspecified atom stereocenters. The molecule has 1 fully saturated rings. The number of rotatable bonds is 7. The largest absolute Gasteiger partial charge is 0.495 e. The van der Waals surface area contributed by atoms with Gasteiger partial charge in [0.25, 0.3) is 11.8 Å². The van der Waals surface area contributed by atoms with Gasteiger partial charge in [-0.05, 0) is 47.5 Å². The Labute approximate surface area is 249 Å². The van der Waals surface area contributed by atoms with E-state index < -0.39 is 17.8 Å². The molecule has 0 atom stereocenters. The van der Waals surface area contributed by atoms with E-state index >= 15 is 0 Å². The molecule has 0 bridgehead atoms. The summed E-state index contributed by atoms with van der Waals surface area (Å²) >= 11 is 9.66. The predicted molar refractivity (Wildman–Crippen MR) is 161 cm³/mol. The van der Waals surface area contributed by atoms with Crippen LogP contribution in [0, 0.1) is 6.92 Å². The quantitative estimate of drug-likeness (QED) is 0.177. The molecule has 0 aromatic heterocycles. The molecule has 1 heterocycles. The normalized spacial score (nSPS) is 14.4. The molecule has 1 N–H and O–H groups in total. The standard InChI is InChI=1S/C31H24BrClN2O6/c1-17-8-9-18-6-4-5-7-21(18)23(17)16-41-26-11-10-20(32)12-19(26)13-22-29(36)34-31(38)35(30(22)37)25-15-27(39-2)24(33)14-28(25)40-3/h4-15H,16H2,1-3H3,(H,34,36,38)/b22-13+. The van der Waals surface area contributed by atoms with E-state index in [1.807, 2.05) is 37.3 Å². The van der Waals surface area contributed by atoms with Gasteiger partial charge in [-0.2, -0.15) is 0 Å². The van der Waals surface area contributed by atoms with E-state index in [2.05, 4.69) is 27.3 Å². The van der Waals surface area contributed by atoms with Crippen LogP contribution >= 0.6 is 27.5 Å². The van der Waals surface area contributed by atoms with Crippen LogP contribution in [-0.4, -0.2) is 32.1 Å². The molecule has 0 spiro atoms. The number of benzene rings is 4. The molecule has 5 rings (SSSR count). The molecule has 1 saturated heterocycles. The Morgan fingerprint density at radius 3 is 2.44 bits per heavy atom. The topological polar surface area (TPSA) is 94.2 Å². The number of imide groups is 2. The monoisotopic (exact) mass is 634 g/mol. The molecule has 10 heteroatoms. The molecule has 0 radical (unpaired) electrons. The van der Waals surface area contributed by atoms with Crippen LogP contribution in [0.3, 0.4) is 0 Å². The molecule has 8 nitrogen and oxygen atoms in total. The Balaban J connectivity index is 1.53. The summed E-state index contributed by atoms with van der Waals surface area (Å²) in [6.45, 7) is 2.28. The molecule has 0 saturated carbocycles. The van der Waals surface area contributed by atoms with Crippen LogP contribution in [-0.2, 0) is 16.2 Å². The maximum Gasteiger partial charge on any atom is 0.336 e. The van der Waals surface area contributed by atoms with E-state index in [1.165, 1.54) is 32.4 Å². The summed E-state index contributed by atoms with van der Waals surface area (Å²) in [5.74, 6) is -0.881. The van der Waals surface area contributed by atoms with Crippen molar-refractivity contribution in [2.24, 2.45) is 0 Å². The number of aryl methyl sites for hydroxylation is 1. The first-order chi connectivity index (χ1) is 19.7. The molecule has 4 aromatic rings. The second-order valence-corrected chi connectivity index (χ2v) is 10.5. The Bertz CT molecular complexity index is 1750. The number of hydrogen-bond acceptors (Lipinski definition) is 6. The zero-order chi connectivity index (χ0) is 29.3. The van der Waals surface area contributed by atoms with E-state index in [4.69, 9.17) is 25.8 Å². The molecule has 41 heavy (non-hydrogen) atoms. The van der Waals surface area contributed by atoms with Crippen molar-refractivity contribution in [1.82, 2.24) is 5.32 Å². The van der Waals surface area contributed by atoms with Gasteiger partial charge >= 0.3 is 6.03 Å². The van der Waals surface area contributed by atoms with Crippen LogP contribution in [0.2, 0.25) is 5.02 Å². The predicted octanol–water partition coefficient (Wildman–Crippen LogP) is 6.83. The third kappa shape index (κ3) is 5.51. The molecular weight excluding hydrogens is 612 g/mol. The first-order valence-corrected chi connectivity index (χ1v) is 13.6. The fourth-order valence-electron chi connectivity index (χ4n) is 4.60. The lowest BCUT2D eigenvalue weighted by atomic mass is 10.0. The van der Waals surface area contributed by atoms with Crippen LogP contribution in [0.4, 0.5) is 10.5 Å². The van der Waals surface area contributed by atoms with Crippen molar-refractivity contribution >= 4 is 67.9 Å². The smallest absolute Gasteiger partial charge is 0.336 e. The minimum absolute atomic E-state index is 0.0618. The highest BCUT2D eigenvalue weighted by atomic mass is 79.9. The van der Waals surface area contributed by atoms with Crippen LogP contribution in [0.25, 0.3) is 16.8 Å². The van der Waals surface area contributed by atoms with E-state index in [0.29, 0.717) is 15.8 Å². The van der Waals surface area contributed by atoms with Gasteiger partial charge in [-0.15, -0.1) is 0 Å². The first kappa shape index (κ1) is 28.2. The Morgan fingerprint density at radius 2 is 1.68 bits per heavy atom. The zero-order valence-electron chi connectivity index (χ0n) is 22.3. The van der Waals surface area contributed by atoms with E-state index in [1.54, 1.807) is 18.2 Å². The number of halogens is 2. The third-order valence-electron chi connectivity index (χ3n) is 6.71. The molecule has 208 valence electrons. The average molecular weight is 636 g/mol. The van der Waals surface area contributed by atoms with Gasteiger partial charge in [-0.25, -0.2) is 9.69 Å². The second kappa shape index (κ2) is 11.6. The number of carbonyl (C=O) groups excluding carboxylic acids is 3. The number of anilines is 1.